The molecule has 0 saturated carbocycles. The molecule has 18 heavy (non-hydrogen) atoms. The molecule has 0 bridgehead atoms. The van der Waals surface area contributed by atoms with Gasteiger partial charge in [-0.15, -0.1) is 0 Å². The predicted octanol–water partition coefficient (Wildman–Crippen LogP) is 2.95. The van der Waals surface area contributed by atoms with Crippen molar-refractivity contribution in [3.8, 4) is 5.75 Å². The lowest BCUT2D eigenvalue weighted by Gasteiger charge is -2.08. The van der Waals surface area contributed by atoms with E-state index >= 15 is 0 Å². The zero-order valence-electron chi connectivity index (χ0n) is 9.24. The summed E-state index contributed by atoms with van der Waals surface area (Å²) in [6.45, 7) is -0.0826. The lowest BCUT2D eigenvalue weighted by atomic mass is 10.1. The van der Waals surface area contributed by atoms with Gasteiger partial charge in [0.1, 0.15) is 5.75 Å². The third kappa shape index (κ3) is 6.39. The molecule has 1 aromatic rings. The Balaban J connectivity index is 2.40. The summed E-state index contributed by atoms with van der Waals surface area (Å²) >= 11 is -0.151. The van der Waals surface area contributed by atoms with E-state index in [2.05, 4.69) is 0 Å². The summed E-state index contributed by atoms with van der Waals surface area (Å²) in [6, 6.07) is 6.30. The molecule has 1 rings (SSSR count). The summed E-state index contributed by atoms with van der Waals surface area (Å²) in [5.41, 5.74) is -3.71. The summed E-state index contributed by atoms with van der Waals surface area (Å²) in [5.74, 6) is -0.802. The molecule has 0 heterocycles. The number of hydrogen-bond acceptors (Lipinski definition) is 3. The van der Waals surface area contributed by atoms with E-state index in [1.165, 1.54) is 6.07 Å². The van der Waals surface area contributed by atoms with E-state index in [1.54, 1.807) is 18.2 Å². The zero-order chi connectivity index (χ0) is 13.6. The molecule has 7 heteroatoms. The number of rotatable bonds is 6. The molecule has 0 saturated heterocycles. The van der Waals surface area contributed by atoms with Crippen molar-refractivity contribution in [2.24, 2.45) is 0 Å². The number of ether oxygens (including phenoxy) is 1. The summed E-state index contributed by atoms with van der Waals surface area (Å²) in [5, 5.41) is 8.59. The molecule has 0 aliphatic heterocycles. The van der Waals surface area contributed by atoms with E-state index in [9.17, 15) is 18.0 Å². The van der Waals surface area contributed by atoms with Crippen LogP contribution in [0.2, 0.25) is 0 Å². The van der Waals surface area contributed by atoms with Crippen LogP contribution in [0.4, 0.5) is 13.2 Å². The highest BCUT2D eigenvalue weighted by Gasteiger charge is 2.27. The molecule has 100 valence electrons. The minimum Gasteiger partial charge on any atom is -0.493 e. The average Bonchev–Trinajstić information content (AvgIpc) is 2.23. The van der Waals surface area contributed by atoms with Crippen LogP contribution in [-0.4, -0.2) is 28.9 Å². The van der Waals surface area contributed by atoms with Gasteiger partial charge < -0.3 is 9.84 Å². The molecule has 0 radical (unpaired) electrons. The molecule has 0 amide bonds. The monoisotopic (exact) mass is 280 g/mol. The van der Waals surface area contributed by atoms with E-state index in [0.29, 0.717) is 11.3 Å². The van der Waals surface area contributed by atoms with Gasteiger partial charge in [0.15, 0.2) is 0 Å². The fraction of sp³-hybridized carbons (Fsp3) is 0.364. The first kappa shape index (κ1) is 14.7. The highest BCUT2D eigenvalue weighted by molar-refractivity contribution is 8.00. The van der Waals surface area contributed by atoms with E-state index < -0.39 is 11.5 Å². The van der Waals surface area contributed by atoms with Crippen LogP contribution in [0.25, 0.3) is 0 Å². The van der Waals surface area contributed by atoms with Crippen molar-refractivity contribution < 1.29 is 27.8 Å². The number of alkyl halides is 3. The van der Waals surface area contributed by atoms with Gasteiger partial charge >= 0.3 is 11.5 Å². The van der Waals surface area contributed by atoms with Crippen molar-refractivity contribution in [3.63, 3.8) is 0 Å². The maximum absolute atomic E-state index is 11.8. The zero-order valence-corrected chi connectivity index (χ0v) is 10.1. The van der Waals surface area contributed by atoms with Gasteiger partial charge in [-0.05, 0) is 29.5 Å². The van der Waals surface area contributed by atoms with Gasteiger partial charge in [-0.3, -0.25) is 4.79 Å². The van der Waals surface area contributed by atoms with Crippen molar-refractivity contribution in [1.29, 1.82) is 0 Å². The van der Waals surface area contributed by atoms with Crippen LogP contribution in [0, 0.1) is 0 Å². The number of aliphatic carboxylic acids is 1. The number of benzene rings is 1. The average molecular weight is 280 g/mol. The molecule has 3 nitrogen and oxygen atoms in total. The summed E-state index contributed by atoms with van der Waals surface area (Å²) in [6.07, 6.45) is -0.144. The molecule has 0 fully saturated rings. The van der Waals surface area contributed by atoms with Gasteiger partial charge in [0, 0.05) is 5.75 Å². The lowest BCUT2D eigenvalue weighted by Crippen LogP contribution is -2.07. The minimum absolute atomic E-state index is 0.0826. The number of thioether (sulfide) groups is 1. The van der Waals surface area contributed by atoms with Crippen molar-refractivity contribution >= 4 is 17.7 Å². The first-order chi connectivity index (χ1) is 8.37. The molecule has 0 aromatic heterocycles. The number of carbonyl (C=O) groups is 1. The van der Waals surface area contributed by atoms with Gasteiger partial charge in [-0.1, -0.05) is 12.1 Å². The Morgan fingerprint density at radius 3 is 2.72 bits per heavy atom. The Morgan fingerprint density at radius 1 is 1.39 bits per heavy atom. The Morgan fingerprint density at radius 2 is 2.11 bits per heavy atom. The Bertz CT molecular complexity index is 407. The molecule has 1 N–H and O–H groups in total. The van der Waals surface area contributed by atoms with Gasteiger partial charge in [0.25, 0.3) is 0 Å². The standard InChI is InChI=1S/C11H11F3O3S/c12-11(13,14)18-5-4-17-9-3-1-2-8(6-9)7-10(15)16/h1-3,6H,4-5,7H2,(H,15,16). The van der Waals surface area contributed by atoms with Crippen molar-refractivity contribution in [1.82, 2.24) is 0 Å². The van der Waals surface area contributed by atoms with Gasteiger partial charge in [-0.25, -0.2) is 0 Å². The second-order valence-electron chi connectivity index (χ2n) is 3.36. The van der Waals surface area contributed by atoms with Gasteiger partial charge in [0.2, 0.25) is 0 Å². The normalized spacial score (nSPS) is 11.3. The SMILES string of the molecule is O=C(O)Cc1cccc(OCCSC(F)(F)F)c1. The van der Waals surface area contributed by atoms with Crippen LogP contribution in [0.15, 0.2) is 24.3 Å². The molecule has 0 unspecified atom stereocenters. The largest absolute Gasteiger partial charge is 0.493 e. The van der Waals surface area contributed by atoms with E-state index in [4.69, 9.17) is 9.84 Å². The highest BCUT2D eigenvalue weighted by Crippen LogP contribution is 2.29. The van der Waals surface area contributed by atoms with E-state index in [0.717, 1.165) is 0 Å². The van der Waals surface area contributed by atoms with Crippen LogP contribution in [0.1, 0.15) is 5.56 Å². The third-order valence-corrected chi connectivity index (χ3v) is 2.57. The smallest absolute Gasteiger partial charge is 0.441 e. The summed E-state index contributed by atoms with van der Waals surface area (Å²) in [7, 11) is 0. The maximum Gasteiger partial charge on any atom is 0.441 e. The number of carboxylic acid groups (broad SMARTS) is 1. The summed E-state index contributed by atoms with van der Waals surface area (Å²) in [4.78, 5) is 10.5. The highest BCUT2D eigenvalue weighted by atomic mass is 32.2. The fourth-order valence-electron chi connectivity index (χ4n) is 1.24. The van der Waals surface area contributed by atoms with Crippen LogP contribution in [0.3, 0.4) is 0 Å². The van der Waals surface area contributed by atoms with Crippen molar-refractivity contribution in [2.75, 3.05) is 12.4 Å². The van der Waals surface area contributed by atoms with E-state index in [-0.39, 0.29) is 30.5 Å². The number of hydrogen-bond donors (Lipinski definition) is 1. The fourth-order valence-corrected chi connectivity index (χ4v) is 1.63. The number of carboxylic acids is 1. The molecular formula is C11H11F3O3S. The Labute approximate surface area is 106 Å². The minimum atomic E-state index is -4.26. The summed E-state index contributed by atoms with van der Waals surface area (Å²) < 4.78 is 40.6. The van der Waals surface area contributed by atoms with Gasteiger partial charge in [-0.2, -0.15) is 13.2 Å². The van der Waals surface area contributed by atoms with Crippen LogP contribution < -0.4 is 4.74 Å². The van der Waals surface area contributed by atoms with Crippen molar-refractivity contribution in [2.45, 2.75) is 11.9 Å². The first-order valence-electron chi connectivity index (χ1n) is 5.01. The molecule has 0 spiro atoms. The molecule has 1 aromatic carbocycles. The van der Waals surface area contributed by atoms with Crippen LogP contribution in [-0.2, 0) is 11.2 Å². The van der Waals surface area contributed by atoms with Gasteiger partial charge in [0.05, 0.1) is 13.0 Å². The van der Waals surface area contributed by atoms with Crippen LogP contribution in [0.5, 0.6) is 5.75 Å². The molecular weight excluding hydrogens is 269 g/mol. The van der Waals surface area contributed by atoms with Crippen LogP contribution >= 0.6 is 11.8 Å². The first-order valence-corrected chi connectivity index (χ1v) is 5.99. The second-order valence-corrected chi connectivity index (χ2v) is 4.52. The third-order valence-electron chi connectivity index (χ3n) is 1.87. The molecule has 0 atom stereocenters. The van der Waals surface area contributed by atoms with E-state index in [1.807, 2.05) is 0 Å². The molecule has 0 aliphatic rings. The quantitative estimate of drug-likeness (QED) is 0.814. The van der Waals surface area contributed by atoms with Crippen molar-refractivity contribution in [3.05, 3.63) is 29.8 Å². The topological polar surface area (TPSA) is 46.5 Å². The lowest BCUT2D eigenvalue weighted by molar-refractivity contribution is -0.136. The Hall–Kier alpha value is -1.37. The maximum atomic E-state index is 11.8. The second kappa shape index (κ2) is 6.53. The predicted molar refractivity (Wildman–Crippen MR) is 61.8 cm³/mol. The Kier molecular flexibility index (Phi) is 5.33. The number of halogens is 3. The molecule has 0 aliphatic carbocycles.